The lowest BCUT2D eigenvalue weighted by Gasteiger charge is -2.20. The van der Waals surface area contributed by atoms with Gasteiger partial charge in [0.25, 0.3) is 0 Å². The van der Waals surface area contributed by atoms with Crippen LogP contribution in [0.5, 0.6) is 0 Å². The van der Waals surface area contributed by atoms with Gasteiger partial charge < -0.3 is 4.98 Å². The van der Waals surface area contributed by atoms with Gasteiger partial charge in [0.15, 0.2) is 0 Å². The minimum atomic E-state index is 0.961. The molecule has 90 valence electrons. The molecule has 1 aliphatic rings. The molecule has 2 nitrogen and oxygen atoms in total. The van der Waals surface area contributed by atoms with E-state index >= 15 is 0 Å². The molecular weight excluding hydrogens is 208 g/mol. The maximum absolute atomic E-state index is 4.34. The highest BCUT2D eigenvalue weighted by molar-refractivity contribution is 5.76. The van der Waals surface area contributed by atoms with E-state index in [2.05, 4.69) is 22.1 Å². The fourth-order valence-corrected chi connectivity index (χ4v) is 2.98. The van der Waals surface area contributed by atoms with Crippen molar-refractivity contribution >= 4 is 11.0 Å². The van der Waals surface area contributed by atoms with Crippen molar-refractivity contribution in [3.05, 3.63) is 30.1 Å². The highest BCUT2D eigenvalue weighted by Crippen LogP contribution is 2.27. The monoisotopic (exact) mass is 228 g/mol. The van der Waals surface area contributed by atoms with Crippen molar-refractivity contribution in [1.29, 1.82) is 0 Å². The van der Waals surface area contributed by atoms with Crippen LogP contribution in [0.4, 0.5) is 0 Å². The average Bonchev–Trinajstić information content (AvgIpc) is 2.80. The zero-order chi connectivity index (χ0) is 11.5. The molecule has 0 aliphatic heterocycles. The van der Waals surface area contributed by atoms with Gasteiger partial charge in [-0.3, -0.25) is 0 Å². The second-order valence-corrected chi connectivity index (χ2v) is 5.28. The van der Waals surface area contributed by atoms with Crippen LogP contribution in [0, 0.1) is 5.92 Å². The van der Waals surface area contributed by atoms with E-state index in [1.54, 1.807) is 0 Å². The molecule has 0 amide bonds. The number of aryl methyl sites for hydroxylation is 1. The second kappa shape index (κ2) is 4.91. The Morgan fingerprint density at radius 2 is 2.12 bits per heavy atom. The van der Waals surface area contributed by atoms with Crippen LogP contribution in [0.25, 0.3) is 11.0 Å². The summed E-state index contributed by atoms with van der Waals surface area (Å²) >= 11 is 0. The van der Waals surface area contributed by atoms with Crippen LogP contribution in [0.1, 0.15) is 44.2 Å². The molecule has 1 N–H and O–H groups in total. The first-order chi connectivity index (χ1) is 8.42. The molecule has 0 saturated heterocycles. The Morgan fingerprint density at radius 1 is 1.24 bits per heavy atom. The SMILES string of the molecule is c1cnc2[nH]c(CCC3CCCCC3)cc2c1. The molecule has 0 radical (unpaired) electrons. The largest absolute Gasteiger partial charge is 0.343 e. The molecule has 1 saturated carbocycles. The Kier molecular flexibility index (Phi) is 3.12. The lowest BCUT2D eigenvalue weighted by Crippen LogP contribution is -2.07. The summed E-state index contributed by atoms with van der Waals surface area (Å²) in [5, 5.41) is 1.24. The summed E-state index contributed by atoms with van der Waals surface area (Å²) in [6.45, 7) is 0. The zero-order valence-electron chi connectivity index (χ0n) is 10.3. The minimum absolute atomic E-state index is 0.961. The highest BCUT2D eigenvalue weighted by atomic mass is 14.8. The Bertz CT molecular complexity index is 447. The summed E-state index contributed by atoms with van der Waals surface area (Å²) in [5.41, 5.74) is 2.38. The number of H-pyrrole nitrogens is 1. The Labute approximate surface area is 102 Å². The summed E-state index contributed by atoms with van der Waals surface area (Å²) in [4.78, 5) is 7.77. The number of aromatic nitrogens is 2. The number of hydrogen-bond acceptors (Lipinski definition) is 1. The first-order valence-corrected chi connectivity index (χ1v) is 6.84. The lowest BCUT2D eigenvalue weighted by molar-refractivity contribution is 0.338. The number of hydrogen-bond donors (Lipinski definition) is 1. The van der Waals surface area contributed by atoms with Crippen molar-refractivity contribution in [3.8, 4) is 0 Å². The number of nitrogens with one attached hydrogen (secondary N) is 1. The van der Waals surface area contributed by atoms with E-state index in [0.717, 1.165) is 11.6 Å². The van der Waals surface area contributed by atoms with E-state index in [1.165, 1.54) is 56.0 Å². The number of pyridine rings is 1. The van der Waals surface area contributed by atoms with E-state index in [1.807, 2.05) is 12.3 Å². The van der Waals surface area contributed by atoms with Crippen molar-refractivity contribution < 1.29 is 0 Å². The summed E-state index contributed by atoms with van der Waals surface area (Å²) in [6.07, 6.45) is 11.6. The molecule has 1 fully saturated rings. The Balaban J connectivity index is 1.64. The first kappa shape index (κ1) is 10.8. The quantitative estimate of drug-likeness (QED) is 0.842. The van der Waals surface area contributed by atoms with Gasteiger partial charge in [0.05, 0.1) is 0 Å². The third-order valence-corrected chi connectivity index (χ3v) is 3.99. The number of aromatic amines is 1. The molecule has 2 heteroatoms. The van der Waals surface area contributed by atoms with Crippen LogP contribution in [0.15, 0.2) is 24.4 Å². The predicted molar refractivity (Wildman–Crippen MR) is 71.0 cm³/mol. The summed E-state index contributed by atoms with van der Waals surface area (Å²) in [5.74, 6) is 0.961. The molecule has 0 aromatic carbocycles. The number of fused-ring (bicyclic) bond motifs is 1. The van der Waals surface area contributed by atoms with E-state index in [4.69, 9.17) is 0 Å². The smallest absolute Gasteiger partial charge is 0.137 e. The van der Waals surface area contributed by atoms with Gasteiger partial charge in [0.2, 0.25) is 0 Å². The van der Waals surface area contributed by atoms with Crippen molar-refractivity contribution in [2.75, 3.05) is 0 Å². The van der Waals surface area contributed by atoms with Crippen LogP contribution < -0.4 is 0 Å². The first-order valence-electron chi connectivity index (χ1n) is 6.84. The van der Waals surface area contributed by atoms with Gasteiger partial charge in [-0.1, -0.05) is 32.1 Å². The fourth-order valence-electron chi connectivity index (χ4n) is 2.98. The average molecular weight is 228 g/mol. The molecule has 3 rings (SSSR count). The van der Waals surface area contributed by atoms with Crippen LogP contribution >= 0.6 is 0 Å². The molecule has 0 bridgehead atoms. The maximum atomic E-state index is 4.34. The molecule has 2 aromatic heterocycles. The highest BCUT2D eigenvalue weighted by Gasteiger charge is 2.13. The van der Waals surface area contributed by atoms with Crippen LogP contribution in [0.2, 0.25) is 0 Å². The topological polar surface area (TPSA) is 28.7 Å². The predicted octanol–water partition coefficient (Wildman–Crippen LogP) is 4.08. The van der Waals surface area contributed by atoms with Gasteiger partial charge >= 0.3 is 0 Å². The van der Waals surface area contributed by atoms with Gasteiger partial charge in [-0.25, -0.2) is 4.98 Å². The van der Waals surface area contributed by atoms with Gasteiger partial charge in [-0.15, -0.1) is 0 Å². The van der Waals surface area contributed by atoms with E-state index in [-0.39, 0.29) is 0 Å². The lowest BCUT2D eigenvalue weighted by atomic mass is 9.86. The maximum Gasteiger partial charge on any atom is 0.137 e. The second-order valence-electron chi connectivity index (χ2n) is 5.28. The van der Waals surface area contributed by atoms with Crippen molar-refractivity contribution in [3.63, 3.8) is 0 Å². The van der Waals surface area contributed by atoms with E-state index in [0.29, 0.717) is 0 Å². The summed E-state index contributed by atoms with van der Waals surface area (Å²) < 4.78 is 0. The van der Waals surface area contributed by atoms with Crippen molar-refractivity contribution in [2.45, 2.75) is 44.9 Å². The zero-order valence-corrected chi connectivity index (χ0v) is 10.3. The van der Waals surface area contributed by atoms with Crippen LogP contribution in [-0.4, -0.2) is 9.97 Å². The van der Waals surface area contributed by atoms with Gasteiger partial charge in [-0.05, 0) is 37.0 Å². The van der Waals surface area contributed by atoms with Crippen molar-refractivity contribution in [1.82, 2.24) is 9.97 Å². The number of nitrogens with zero attached hydrogens (tertiary/aromatic N) is 1. The van der Waals surface area contributed by atoms with Gasteiger partial charge in [-0.2, -0.15) is 0 Å². The molecule has 1 aliphatic carbocycles. The molecule has 0 spiro atoms. The van der Waals surface area contributed by atoms with Crippen molar-refractivity contribution in [2.24, 2.45) is 5.92 Å². The van der Waals surface area contributed by atoms with E-state index < -0.39 is 0 Å². The molecule has 2 heterocycles. The minimum Gasteiger partial charge on any atom is -0.343 e. The van der Waals surface area contributed by atoms with Crippen LogP contribution in [0.3, 0.4) is 0 Å². The molecule has 0 unspecified atom stereocenters. The Hall–Kier alpha value is -1.31. The molecular formula is C15H20N2. The standard InChI is InChI=1S/C15H20N2/c1-2-5-12(6-3-1)8-9-14-11-13-7-4-10-16-15(13)17-14/h4,7,10-12H,1-3,5-6,8-9H2,(H,16,17). The number of rotatable bonds is 3. The normalized spacial score (nSPS) is 17.6. The summed E-state index contributed by atoms with van der Waals surface area (Å²) in [7, 11) is 0. The van der Waals surface area contributed by atoms with Crippen LogP contribution in [-0.2, 0) is 6.42 Å². The molecule has 0 atom stereocenters. The molecule has 2 aromatic rings. The summed E-state index contributed by atoms with van der Waals surface area (Å²) in [6, 6.07) is 6.38. The third-order valence-electron chi connectivity index (χ3n) is 3.99. The Morgan fingerprint density at radius 3 is 2.94 bits per heavy atom. The third kappa shape index (κ3) is 2.51. The molecule has 17 heavy (non-hydrogen) atoms. The van der Waals surface area contributed by atoms with Gasteiger partial charge in [0.1, 0.15) is 5.65 Å². The van der Waals surface area contributed by atoms with Gasteiger partial charge in [0, 0.05) is 17.3 Å². The van der Waals surface area contributed by atoms with E-state index in [9.17, 15) is 0 Å². The fraction of sp³-hybridized carbons (Fsp3) is 0.533.